The van der Waals surface area contributed by atoms with E-state index in [4.69, 9.17) is 0 Å². The fourth-order valence-corrected chi connectivity index (χ4v) is 2.27. The van der Waals surface area contributed by atoms with E-state index in [1.165, 1.54) is 27.8 Å². The van der Waals surface area contributed by atoms with Gasteiger partial charge in [-0.15, -0.1) is 13.2 Å². The molecule has 2 rings (SSSR count). The first-order chi connectivity index (χ1) is 10.2. The van der Waals surface area contributed by atoms with E-state index >= 15 is 0 Å². The molecule has 0 fully saturated rings. The quantitative estimate of drug-likeness (QED) is 0.534. The van der Waals surface area contributed by atoms with Crippen molar-refractivity contribution in [1.29, 1.82) is 0 Å². The van der Waals surface area contributed by atoms with E-state index in [1.54, 1.807) is 6.26 Å². The van der Waals surface area contributed by atoms with Crippen LogP contribution in [0.15, 0.2) is 67.8 Å². The van der Waals surface area contributed by atoms with Gasteiger partial charge in [-0.3, -0.25) is 0 Å². The highest BCUT2D eigenvalue weighted by Crippen LogP contribution is 2.24. The van der Waals surface area contributed by atoms with Crippen molar-refractivity contribution in [2.24, 2.45) is 0 Å². The highest BCUT2D eigenvalue weighted by Gasteiger charge is 2.02. The van der Waals surface area contributed by atoms with E-state index in [9.17, 15) is 0 Å². The first kappa shape index (κ1) is 17.3. The summed E-state index contributed by atoms with van der Waals surface area (Å²) in [5, 5.41) is 0. The van der Waals surface area contributed by atoms with Crippen LogP contribution in [0.4, 0.5) is 0 Å². The number of benzene rings is 2. The molecule has 0 aliphatic rings. The first-order valence-corrected chi connectivity index (χ1v) is 7.99. The molecule has 2 aromatic rings. The molecule has 0 spiro atoms. The molecular weight excluding hydrogens is 272 g/mol. The molecule has 0 nitrogen and oxygen atoms in total. The lowest BCUT2D eigenvalue weighted by Gasteiger charge is -2.09. The summed E-state index contributed by atoms with van der Waals surface area (Å²) in [6, 6.07) is 15.3. The summed E-state index contributed by atoms with van der Waals surface area (Å²) in [6.07, 6.45) is 7.43. The molecular formula is C20H24S. The minimum atomic E-state index is 0.916. The summed E-state index contributed by atoms with van der Waals surface area (Å²) in [4.78, 5) is 0. The van der Waals surface area contributed by atoms with Crippen LogP contribution in [0.25, 0.3) is 11.1 Å². The fraction of sp³-hybridized carbons (Fsp3) is 0.200. The standard InChI is InChI=1S/C19H20.CH4S/c1-4-7-16-9-6-10-18(13-16)19-12-11-15(3)17(14-19)8-5-2;1-2/h4-6,9-14H,1-2,7-8H2,3H3;2H,1H3. The van der Waals surface area contributed by atoms with Crippen LogP contribution in [-0.4, -0.2) is 6.26 Å². The summed E-state index contributed by atoms with van der Waals surface area (Å²) < 4.78 is 0. The van der Waals surface area contributed by atoms with Gasteiger partial charge in [0, 0.05) is 0 Å². The SMILES string of the molecule is C=CCc1cccc(-c2ccc(C)c(CC=C)c2)c1.CS. The van der Waals surface area contributed by atoms with E-state index in [2.05, 4.69) is 75.2 Å². The molecule has 21 heavy (non-hydrogen) atoms. The van der Waals surface area contributed by atoms with Crippen LogP contribution in [0.3, 0.4) is 0 Å². The second-order valence-corrected chi connectivity index (χ2v) is 4.83. The second kappa shape index (κ2) is 9.25. The predicted molar refractivity (Wildman–Crippen MR) is 99.3 cm³/mol. The van der Waals surface area contributed by atoms with Crippen LogP contribution in [0.2, 0.25) is 0 Å². The molecule has 0 saturated carbocycles. The molecule has 0 radical (unpaired) electrons. The molecule has 0 bridgehead atoms. The molecule has 0 N–H and O–H groups in total. The van der Waals surface area contributed by atoms with Crippen molar-refractivity contribution in [2.45, 2.75) is 19.8 Å². The lowest BCUT2D eigenvalue weighted by molar-refractivity contribution is 1.22. The largest absolute Gasteiger partial charge is 0.183 e. The van der Waals surface area contributed by atoms with Gasteiger partial charge < -0.3 is 0 Å². The topological polar surface area (TPSA) is 0 Å². The average molecular weight is 296 g/mol. The van der Waals surface area contributed by atoms with Gasteiger partial charge in [-0.25, -0.2) is 0 Å². The predicted octanol–water partition coefficient (Wildman–Crippen LogP) is 5.67. The zero-order valence-electron chi connectivity index (χ0n) is 13.0. The van der Waals surface area contributed by atoms with Crippen molar-refractivity contribution in [2.75, 3.05) is 6.26 Å². The Hall–Kier alpha value is -1.73. The highest BCUT2D eigenvalue weighted by molar-refractivity contribution is 7.79. The molecule has 0 heterocycles. The van der Waals surface area contributed by atoms with Crippen molar-refractivity contribution in [1.82, 2.24) is 0 Å². The van der Waals surface area contributed by atoms with Gasteiger partial charge in [0.1, 0.15) is 0 Å². The Morgan fingerprint density at radius 1 is 0.905 bits per heavy atom. The van der Waals surface area contributed by atoms with Crippen LogP contribution in [0.5, 0.6) is 0 Å². The van der Waals surface area contributed by atoms with Gasteiger partial charge in [0.05, 0.1) is 0 Å². The zero-order valence-corrected chi connectivity index (χ0v) is 13.9. The van der Waals surface area contributed by atoms with E-state index < -0.39 is 0 Å². The van der Waals surface area contributed by atoms with Crippen LogP contribution >= 0.6 is 12.6 Å². The minimum Gasteiger partial charge on any atom is -0.183 e. The Morgan fingerprint density at radius 2 is 1.57 bits per heavy atom. The molecule has 0 aliphatic heterocycles. The number of hydrogen-bond donors (Lipinski definition) is 1. The monoisotopic (exact) mass is 296 g/mol. The minimum absolute atomic E-state index is 0.916. The Labute approximate surface area is 134 Å². The van der Waals surface area contributed by atoms with Gasteiger partial charge in [-0.05, 0) is 53.8 Å². The molecule has 0 saturated heterocycles. The Bertz CT molecular complexity index is 597. The maximum Gasteiger partial charge on any atom is -0.00973 e. The van der Waals surface area contributed by atoms with E-state index in [-0.39, 0.29) is 0 Å². The number of thiol groups is 1. The highest BCUT2D eigenvalue weighted by atomic mass is 32.1. The van der Waals surface area contributed by atoms with Crippen molar-refractivity contribution < 1.29 is 0 Å². The molecule has 0 amide bonds. The van der Waals surface area contributed by atoms with Crippen LogP contribution in [0.1, 0.15) is 16.7 Å². The summed E-state index contributed by atoms with van der Waals surface area (Å²) in [6.45, 7) is 9.77. The molecule has 2 aromatic carbocycles. The summed E-state index contributed by atoms with van der Waals surface area (Å²) in [7, 11) is 0. The Morgan fingerprint density at radius 3 is 2.24 bits per heavy atom. The molecule has 110 valence electrons. The third kappa shape index (κ3) is 4.95. The van der Waals surface area contributed by atoms with Gasteiger partial charge in [0.15, 0.2) is 0 Å². The van der Waals surface area contributed by atoms with Gasteiger partial charge in [-0.1, -0.05) is 54.6 Å². The van der Waals surface area contributed by atoms with E-state index in [0.717, 1.165) is 12.8 Å². The van der Waals surface area contributed by atoms with Crippen LogP contribution in [-0.2, 0) is 12.8 Å². The second-order valence-electron chi connectivity index (χ2n) is 4.83. The molecule has 0 aliphatic carbocycles. The zero-order chi connectivity index (χ0) is 15.7. The lowest BCUT2D eigenvalue weighted by Crippen LogP contribution is -1.89. The Balaban J connectivity index is 0.00000106. The number of rotatable bonds is 5. The summed E-state index contributed by atoms with van der Waals surface area (Å²) in [5.74, 6) is 0. The van der Waals surface area contributed by atoms with Gasteiger partial charge in [0.2, 0.25) is 0 Å². The normalized spacial score (nSPS) is 9.48. The first-order valence-electron chi connectivity index (χ1n) is 7.10. The van der Waals surface area contributed by atoms with Crippen molar-refractivity contribution >= 4 is 12.6 Å². The average Bonchev–Trinajstić information content (AvgIpc) is 2.52. The smallest absolute Gasteiger partial charge is 0.00973 e. The summed E-state index contributed by atoms with van der Waals surface area (Å²) in [5.41, 5.74) is 6.52. The van der Waals surface area contributed by atoms with Crippen LogP contribution in [0, 0.1) is 6.92 Å². The number of allylic oxidation sites excluding steroid dienone is 2. The van der Waals surface area contributed by atoms with E-state index in [1.807, 2.05) is 12.2 Å². The fourth-order valence-electron chi connectivity index (χ4n) is 2.27. The third-order valence-corrected chi connectivity index (χ3v) is 3.35. The van der Waals surface area contributed by atoms with Crippen LogP contribution < -0.4 is 0 Å². The molecule has 0 atom stereocenters. The third-order valence-electron chi connectivity index (χ3n) is 3.35. The van der Waals surface area contributed by atoms with Crippen molar-refractivity contribution in [3.63, 3.8) is 0 Å². The Kier molecular flexibility index (Phi) is 7.63. The molecule has 1 heteroatoms. The summed E-state index contributed by atoms with van der Waals surface area (Å²) >= 11 is 3.53. The molecule has 0 unspecified atom stereocenters. The van der Waals surface area contributed by atoms with Gasteiger partial charge in [-0.2, -0.15) is 12.6 Å². The lowest BCUT2D eigenvalue weighted by atomic mass is 9.96. The van der Waals surface area contributed by atoms with Crippen molar-refractivity contribution in [3.05, 3.63) is 84.5 Å². The number of hydrogen-bond acceptors (Lipinski definition) is 1. The number of aryl methyl sites for hydroxylation is 1. The molecule has 0 aromatic heterocycles. The van der Waals surface area contributed by atoms with Crippen molar-refractivity contribution in [3.8, 4) is 11.1 Å². The van der Waals surface area contributed by atoms with Gasteiger partial charge in [0.25, 0.3) is 0 Å². The van der Waals surface area contributed by atoms with Gasteiger partial charge >= 0.3 is 0 Å². The maximum atomic E-state index is 3.83. The van der Waals surface area contributed by atoms with E-state index in [0.29, 0.717) is 0 Å². The maximum absolute atomic E-state index is 3.83.